The van der Waals surface area contributed by atoms with E-state index in [2.05, 4.69) is 20.9 Å². The van der Waals surface area contributed by atoms with E-state index in [1.54, 1.807) is 0 Å². The Morgan fingerprint density at radius 1 is 1.13 bits per heavy atom. The molecule has 3 rings (SSSR count). The third kappa shape index (κ3) is 3.99. The largest absolute Gasteiger partial charge is 0.454 e. The first kappa shape index (κ1) is 15.7. The zero-order valence-corrected chi connectivity index (χ0v) is 14.3. The fourth-order valence-electron chi connectivity index (χ4n) is 2.29. The van der Waals surface area contributed by atoms with Gasteiger partial charge in [0.25, 0.3) is 0 Å². The van der Waals surface area contributed by atoms with E-state index >= 15 is 0 Å². The third-order valence-corrected chi connectivity index (χ3v) is 4.08. The van der Waals surface area contributed by atoms with Crippen LogP contribution in [-0.4, -0.2) is 18.3 Å². The van der Waals surface area contributed by atoms with Gasteiger partial charge in [-0.2, -0.15) is 0 Å². The molecular formula is C18H16BrNO3. The molecule has 23 heavy (non-hydrogen) atoms. The van der Waals surface area contributed by atoms with Crippen molar-refractivity contribution in [2.75, 3.05) is 6.79 Å². The van der Waals surface area contributed by atoms with Crippen molar-refractivity contribution in [1.29, 1.82) is 0 Å². The van der Waals surface area contributed by atoms with Crippen molar-refractivity contribution < 1.29 is 14.3 Å². The number of Topliss-reactive ketones (excluding diaryl/α,β-unsaturated/α-hetero) is 1. The number of ether oxygens (including phenoxy) is 2. The summed E-state index contributed by atoms with van der Waals surface area (Å²) in [5, 5.41) is 0. The number of hydrogen-bond donors (Lipinski definition) is 0. The number of fused-ring (bicyclic) bond motifs is 1. The van der Waals surface area contributed by atoms with E-state index in [4.69, 9.17) is 9.47 Å². The average Bonchev–Trinajstić information content (AvgIpc) is 3.01. The average molecular weight is 374 g/mol. The van der Waals surface area contributed by atoms with Gasteiger partial charge >= 0.3 is 0 Å². The number of benzene rings is 2. The lowest BCUT2D eigenvalue weighted by Crippen LogP contribution is -2.05. The SMILES string of the molecule is CC(CC(=O)c1ccc(Br)cc1)=NCc1ccc2c(c1)OCO2. The first-order valence-electron chi connectivity index (χ1n) is 7.29. The van der Waals surface area contributed by atoms with Crippen LogP contribution in [0.4, 0.5) is 0 Å². The van der Waals surface area contributed by atoms with Crippen LogP contribution in [0.3, 0.4) is 0 Å². The molecule has 0 aliphatic carbocycles. The molecule has 118 valence electrons. The lowest BCUT2D eigenvalue weighted by molar-refractivity contribution is 0.100. The summed E-state index contributed by atoms with van der Waals surface area (Å²) in [6.45, 7) is 2.67. The summed E-state index contributed by atoms with van der Waals surface area (Å²) in [6, 6.07) is 13.1. The molecule has 0 spiro atoms. The number of ketones is 1. The zero-order chi connectivity index (χ0) is 16.2. The van der Waals surface area contributed by atoms with Crippen molar-refractivity contribution >= 4 is 27.4 Å². The minimum atomic E-state index is 0.0736. The van der Waals surface area contributed by atoms with E-state index in [1.165, 1.54) is 0 Å². The van der Waals surface area contributed by atoms with Crippen molar-refractivity contribution in [3.63, 3.8) is 0 Å². The minimum absolute atomic E-state index is 0.0736. The van der Waals surface area contributed by atoms with E-state index in [9.17, 15) is 4.79 Å². The van der Waals surface area contributed by atoms with Crippen LogP contribution >= 0.6 is 15.9 Å². The molecule has 4 nitrogen and oxygen atoms in total. The van der Waals surface area contributed by atoms with Gasteiger partial charge < -0.3 is 9.47 Å². The fourth-order valence-corrected chi connectivity index (χ4v) is 2.56. The quantitative estimate of drug-likeness (QED) is 0.575. The van der Waals surface area contributed by atoms with Crippen molar-refractivity contribution in [1.82, 2.24) is 0 Å². The van der Waals surface area contributed by atoms with Crippen LogP contribution < -0.4 is 9.47 Å². The van der Waals surface area contributed by atoms with E-state index in [0.717, 1.165) is 27.2 Å². The maximum absolute atomic E-state index is 12.2. The Morgan fingerprint density at radius 2 is 1.87 bits per heavy atom. The van der Waals surface area contributed by atoms with Gasteiger partial charge in [-0.3, -0.25) is 9.79 Å². The Bertz CT molecular complexity index is 753. The monoisotopic (exact) mass is 373 g/mol. The van der Waals surface area contributed by atoms with Crippen molar-refractivity contribution in [2.24, 2.45) is 4.99 Å². The highest BCUT2D eigenvalue weighted by Gasteiger charge is 2.13. The van der Waals surface area contributed by atoms with Gasteiger partial charge in [0.1, 0.15) is 0 Å². The molecule has 2 aromatic rings. The number of rotatable bonds is 5. The molecule has 0 unspecified atom stereocenters. The van der Waals surface area contributed by atoms with Gasteiger partial charge in [0.05, 0.1) is 6.54 Å². The van der Waals surface area contributed by atoms with Gasteiger partial charge in [0.15, 0.2) is 17.3 Å². The molecule has 0 fully saturated rings. The fraction of sp³-hybridized carbons (Fsp3) is 0.222. The zero-order valence-electron chi connectivity index (χ0n) is 12.7. The Balaban J connectivity index is 1.61. The second kappa shape index (κ2) is 6.96. The molecule has 0 radical (unpaired) electrons. The third-order valence-electron chi connectivity index (χ3n) is 3.55. The van der Waals surface area contributed by atoms with Crippen LogP contribution in [0.25, 0.3) is 0 Å². The summed E-state index contributed by atoms with van der Waals surface area (Å²) >= 11 is 3.36. The van der Waals surface area contributed by atoms with E-state index in [0.29, 0.717) is 18.5 Å². The molecule has 0 saturated carbocycles. The molecule has 5 heteroatoms. The second-order valence-electron chi connectivity index (χ2n) is 5.35. The lowest BCUT2D eigenvalue weighted by atomic mass is 10.1. The number of aliphatic imine (C=N–C) groups is 1. The maximum Gasteiger partial charge on any atom is 0.231 e. The first-order valence-corrected chi connectivity index (χ1v) is 8.08. The number of nitrogens with zero attached hydrogens (tertiary/aromatic N) is 1. The summed E-state index contributed by atoms with van der Waals surface area (Å²) in [5.74, 6) is 1.59. The molecule has 0 aromatic heterocycles. The predicted molar refractivity (Wildman–Crippen MR) is 92.5 cm³/mol. The highest BCUT2D eigenvalue weighted by Crippen LogP contribution is 2.32. The summed E-state index contributed by atoms with van der Waals surface area (Å²) < 4.78 is 11.6. The number of carbonyl (C=O) groups is 1. The molecule has 1 aliphatic rings. The lowest BCUT2D eigenvalue weighted by Gasteiger charge is -2.03. The molecule has 0 saturated heterocycles. The maximum atomic E-state index is 12.2. The molecule has 0 atom stereocenters. The summed E-state index contributed by atoms with van der Waals surface area (Å²) in [4.78, 5) is 16.7. The van der Waals surface area contributed by atoms with Gasteiger partial charge in [-0.1, -0.05) is 34.1 Å². The van der Waals surface area contributed by atoms with E-state index in [-0.39, 0.29) is 12.6 Å². The topological polar surface area (TPSA) is 47.9 Å². The Labute approximate surface area is 143 Å². The normalized spacial score (nSPS) is 13.2. The molecule has 1 aliphatic heterocycles. The minimum Gasteiger partial charge on any atom is -0.454 e. The van der Waals surface area contributed by atoms with E-state index in [1.807, 2.05) is 49.4 Å². The summed E-state index contributed by atoms with van der Waals surface area (Å²) in [7, 11) is 0. The molecular weight excluding hydrogens is 358 g/mol. The van der Waals surface area contributed by atoms with Gasteiger partial charge in [-0.05, 0) is 36.8 Å². The molecule has 1 heterocycles. The van der Waals surface area contributed by atoms with E-state index < -0.39 is 0 Å². The molecule has 0 N–H and O–H groups in total. The van der Waals surface area contributed by atoms with Crippen LogP contribution in [-0.2, 0) is 6.54 Å². The summed E-state index contributed by atoms with van der Waals surface area (Å²) in [5.41, 5.74) is 2.55. The van der Waals surface area contributed by atoms with Crippen LogP contribution in [0.15, 0.2) is 51.9 Å². The van der Waals surface area contributed by atoms with Crippen LogP contribution in [0.1, 0.15) is 29.3 Å². The van der Waals surface area contributed by atoms with Crippen LogP contribution in [0.5, 0.6) is 11.5 Å². The standard InChI is InChI=1S/C18H16BrNO3/c1-12(8-16(21)14-3-5-15(19)6-4-14)20-10-13-2-7-17-18(9-13)23-11-22-17/h2-7,9H,8,10-11H2,1H3. The van der Waals surface area contributed by atoms with Gasteiger partial charge in [-0.15, -0.1) is 0 Å². The number of carbonyl (C=O) groups excluding carboxylic acids is 1. The molecule has 0 amide bonds. The Morgan fingerprint density at radius 3 is 2.65 bits per heavy atom. The van der Waals surface area contributed by atoms with Crippen molar-refractivity contribution in [3.05, 3.63) is 58.1 Å². The van der Waals surface area contributed by atoms with Gasteiger partial charge in [0, 0.05) is 22.2 Å². The predicted octanol–water partition coefficient (Wildman–Crippen LogP) is 4.41. The first-order chi connectivity index (χ1) is 11.1. The van der Waals surface area contributed by atoms with Gasteiger partial charge in [0.2, 0.25) is 6.79 Å². The highest BCUT2D eigenvalue weighted by atomic mass is 79.9. The number of hydrogen-bond acceptors (Lipinski definition) is 4. The number of halogens is 1. The second-order valence-corrected chi connectivity index (χ2v) is 6.26. The summed E-state index contributed by atoms with van der Waals surface area (Å²) in [6.07, 6.45) is 0.326. The van der Waals surface area contributed by atoms with Crippen molar-refractivity contribution in [2.45, 2.75) is 19.9 Å². The van der Waals surface area contributed by atoms with Crippen LogP contribution in [0.2, 0.25) is 0 Å². The van der Waals surface area contributed by atoms with Crippen molar-refractivity contribution in [3.8, 4) is 11.5 Å². The molecule has 2 aromatic carbocycles. The van der Waals surface area contributed by atoms with Gasteiger partial charge in [-0.25, -0.2) is 0 Å². The van der Waals surface area contributed by atoms with Crippen LogP contribution in [0, 0.1) is 0 Å². The highest BCUT2D eigenvalue weighted by molar-refractivity contribution is 9.10. The Hall–Kier alpha value is -2.14. The Kier molecular flexibility index (Phi) is 4.76. The molecule has 0 bridgehead atoms. The smallest absolute Gasteiger partial charge is 0.231 e.